The van der Waals surface area contributed by atoms with Crippen LogP contribution in [0.2, 0.25) is 0 Å². The summed E-state index contributed by atoms with van der Waals surface area (Å²) >= 11 is 0. The van der Waals surface area contributed by atoms with Crippen LogP contribution in [-0.2, 0) is 6.54 Å². The highest BCUT2D eigenvalue weighted by molar-refractivity contribution is 5.91. The van der Waals surface area contributed by atoms with Gasteiger partial charge in [-0.2, -0.15) is 0 Å². The van der Waals surface area contributed by atoms with E-state index in [9.17, 15) is 5.11 Å². The number of hydrogen-bond donors (Lipinski definition) is 1. The molecular weight excluding hydrogens is 386 g/mol. The fourth-order valence-corrected chi connectivity index (χ4v) is 5.19. The lowest BCUT2D eigenvalue weighted by molar-refractivity contribution is 0.250. The van der Waals surface area contributed by atoms with Gasteiger partial charge in [0.15, 0.2) is 5.88 Å². The van der Waals surface area contributed by atoms with Gasteiger partial charge in [-0.1, -0.05) is 37.5 Å². The van der Waals surface area contributed by atoms with E-state index >= 15 is 0 Å². The zero-order valence-electron chi connectivity index (χ0n) is 18.5. The van der Waals surface area contributed by atoms with Crippen molar-refractivity contribution >= 4 is 16.5 Å². The molecule has 2 aliphatic rings. The van der Waals surface area contributed by atoms with Crippen molar-refractivity contribution in [1.82, 2.24) is 9.47 Å². The van der Waals surface area contributed by atoms with Gasteiger partial charge in [0, 0.05) is 61.4 Å². The molecule has 0 atom stereocenters. The molecule has 1 N–H and O–H groups in total. The van der Waals surface area contributed by atoms with Gasteiger partial charge in [0.1, 0.15) is 5.75 Å². The smallest absolute Gasteiger partial charge is 0.199 e. The minimum Gasteiger partial charge on any atom is -0.497 e. The van der Waals surface area contributed by atoms with Crippen LogP contribution in [-0.4, -0.2) is 47.9 Å². The van der Waals surface area contributed by atoms with E-state index < -0.39 is 0 Å². The molecule has 5 rings (SSSR count). The number of ether oxygens (including phenoxy) is 1. The minimum atomic E-state index is 0.446. The van der Waals surface area contributed by atoms with Gasteiger partial charge in [-0.25, -0.2) is 0 Å². The van der Waals surface area contributed by atoms with Gasteiger partial charge in [0.05, 0.1) is 7.11 Å². The Morgan fingerprint density at radius 1 is 0.935 bits per heavy atom. The Hall–Kier alpha value is -2.66. The van der Waals surface area contributed by atoms with E-state index in [1.165, 1.54) is 43.4 Å². The van der Waals surface area contributed by atoms with Crippen LogP contribution in [0.1, 0.15) is 43.7 Å². The summed E-state index contributed by atoms with van der Waals surface area (Å²) in [5.41, 5.74) is 2.54. The van der Waals surface area contributed by atoms with Crippen molar-refractivity contribution < 1.29 is 9.84 Å². The molecule has 3 aromatic rings. The Morgan fingerprint density at radius 3 is 2.39 bits per heavy atom. The largest absolute Gasteiger partial charge is 0.497 e. The van der Waals surface area contributed by atoms with E-state index in [-0.39, 0.29) is 0 Å². The van der Waals surface area contributed by atoms with Crippen LogP contribution < -0.4 is 9.64 Å². The third-order valence-electron chi connectivity index (χ3n) is 7.07. The first-order valence-corrected chi connectivity index (χ1v) is 11.6. The Balaban J connectivity index is 1.25. The lowest BCUT2D eigenvalue weighted by atomic mass is 9.95. The van der Waals surface area contributed by atoms with Gasteiger partial charge < -0.3 is 19.3 Å². The summed E-state index contributed by atoms with van der Waals surface area (Å²) in [6.07, 6.45) is 8.37. The molecule has 0 unspecified atom stereocenters. The van der Waals surface area contributed by atoms with Crippen molar-refractivity contribution in [2.45, 2.75) is 44.7 Å². The molecule has 5 heteroatoms. The van der Waals surface area contributed by atoms with E-state index in [1.807, 2.05) is 12.1 Å². The molecule has 1 aromatic heterocycles. The van der Waals surface area contributed by atoms with Crippen molar-refractivity contribution in [3.8, 4) is 11.6 Å². The second kappa shape index (κ2) is 8.83. The van der Waals surface area contributed by atoms with E-state index in [0.29, 0.717) is 11.9 Å². The highest BCUT2D eigenvalue weighted by Crippen LogP contribution is 2.38. The number of anilines is 1. The number of piperazine rings is 1. The molecule has 1 saturated carbocycles. The first-order chi connectivity index (χ1) is 15.2. The van der Waals surface area contributed by atoms with E-state index in [2.05, 4.69) is 50.9 Å². The van der Waals surface area contributed by atoms with Crippen LogP contribution in [0.3, 0.4) is 0 Å². The highest BCUT2D eigenvalue weighted by atomic mass is 16.5. The number of aromatic hydroxyl groups is 1. The summed E-state index contributed by atoms with van der Waals surface area (Å²) < 4.78 is 7.38. The molecule has 31 heavy (non-hydrogen) atoms. The van der Waals surface area contributed by atoms with Crippen molar-refractivity contribution in [1.29, 1.82) is 0 Å². The lowest BCUT2D eigenvalue weighted by Gasteiger charge is -2.36. The molecule has 2 aromatic carbocycles. The van der Waals surface area contributed by atoms with E-state index in [0.717, 1.165) is 49.2 Å². The molecule has 0 spiro atoms. The number of hydrogen-bond acceptors (Lipinski definition) is 4. The maximum Gasteiger partial charge on any atom is 0.199 e. The van der Waals surface area contributed by atoms with Crippen molar-refractivity contribution in [2.24, 2.45) is 0 Å². The molecule has 0 amide bonds. The van der Waals surface area contributed by atoms with E-state index in [4.69, 9.17) is 4.74 Å². The third kappa shape index (κ3) is 4.24. The quantitative estimate of drug-likeness (QED) is 0.618. The predicted molar refractivity (Wildman–Crippen MR) is 126 cm³/mol. The predicted octanol–water partition coefficient (Wildman–Crippen LogP) is 5.18. The van der Waals surface area contributed by atoms with Crippen LogP contribution in [0.25, 0.3) is 10.8 Å². The van der Waals surface area contributed by atoms with Crippen LogP contribution in [0.5, 0.6) is 11.6 Å². The molecule has 1 aliphatic heterocycles. The topological polar surface area (TPSA) is 40.9 Å². The van der Waals surface area contributed by atoms with Crippen LogP contribution in [0.4, 0.5) is 5.69 Å². The average Bonchev–Trinajstić information content (AvgIpc) is 3.16. The molecule has 2 fully saturated rings. The van der Waals surface area contributed by atoms with Crippen molar-refractivity contribution in [3.63, 3.8) is 0 Å². The second-order valence-corrected chi connectivity index (χ2v) is 9.03. The monoisotopic (exact) mass is 419 g/mol. The van der Waals surface area contributed by atoms with Crippen LogP contribution in [0.15, 0.2) is 48.7 Å². The number of fused-ring (bicyclic) bond motifs is 1. The molecule has 1 saturated heterocycles. The lowest BCUT2D eigenvalue weighted by Crippen LogP contribution is -2.45. The molecule has 0 radical (unpaired) electrons. The summed E-state index contributed by atoms with van der Waals surface area (Å²) in [6, 6.07) is 15.4. The minimum absolute atomic E-state index is 0.446. The van der Waals surface area contributed by atoms with Gasteiger partial charge in [-0.3, -0.25) is 4.90 Å². The van der Waals surface area contributed by atoms with Crippen LogP contribution >= 0.6 is 0 Å². The third-order valence-corrected chi connectivity index (χ3v) is 7.07. The Labute approximate surface area is 184 Å². The Bertz CT molecular complexity index is 1010. The average molecular weight is 420 g/mol. The van der Waals surface area contributed by atoms with Gasteiger partial charge in [-0.05, 0) is 42.7 Å². The zero-order valence-corrected chi connectivity index (χ0v) is 18.5. The second-order valence-electron chi connectivity index (χ2n) is 9.03. The molecular formula is C26H33N3O2. The molecule has 2 heterocycles. The SMILES string of the molecule is COc1ccc(CN2CCN(c3ccc4cn(C5CCCCC5)c(O)c4c3)CC2)cc1. The molecule has 1 aliphatic carbocycles. The first kappa shape index (κ1) is 20.3. The highest BCUT2D eigenvalue weighted by Gasteiger charge is 2.21. The van der Waals surface area contributed by atoms with E-state index in [1.54, 1.807) is 7.11 Å². The Morgan fingerprint density at radius 2 is 1.68 bits per heavy atom. The summed E-state index contributed by atoms with van der Waals surface area (Å²) in [4.78, 5) is 4.95. The van der Waals surface area contributed by atoms with Crippen molar-refractivity contribution in [2.75, 3.05) is 38.2 Å². The number of aromatic nitrogens is 1. The van der Waals surface area contributed by atoms with Gasteiger partial charge in [-0.15, -0.1) is 0 Å². The zero-order chi connectivity index (χ0) is 21.2. The fourth-order valence-electron chi connectivity index (χ4n) is 5.19. The van der Waals surface area contributed by atoms with Crippen molar-refractivity contribution in [3.05, 3.63) is 54.2 Å². The fraction of sp³-hybridized carbons (Fsp3) is 0.462. The number of benzene rings is 2. The summed E-state index contributed by atoms with van der Waals surface area (Å²) in [5.74, 6) is 1.35. The van der Waals surface area contributed by atoms with Crippen LogP contribution in [0, 0.1) is 0 Å². The molecule has 5 nitrogen and oxygen atoms in total. The number of rotatable bonds is 5. The first-order valence-electron chi connectivity index (χ1n) is 11.6. The number of methoxy groups -OCH3 is 1. The van der Waals surface area contributed by atoms with Gasteiger partial charge >= 0.3 is 0 Å². The normalized spacial score (nSPS) is 18.5. The molecule has 0 bridgehead atoms. The van der Waals surface area contributed by atoms with Gasteiger partial charge in [0.25, 0.3) is 0 Å². The summed E-state index contributed by atoms with van der Waals surface area (Å²) in [5, 5.41) is 13.1. The Kier molecular flexibility index (Phi) is 5.77. The summed E-state index contributed by atoms with van der Waals surface area (Å²) in [6.45, 7) is 5.07. The standard InChI is InChI=1S/C26H33N3O2/c1-31-24-11-7-20(8-12-24)18-27-13-15-28(16-14-27)23-10-9-21-19-29(26(30)25(21)17-23)22-5-3-2-4-6-22/h7-12,17,19,22,30H,2-6,13-16,18H2,1H3. The maximum atomic E-state index is 10.9. The molecule has 164 valence electrons. The number of nitrogens with zero attached hydrogens (tertiary/aromatic N) is 3. The maximum absolute atomic E-state index is 10.9. The summed E-state index contributed by atoms with van der Waals surface area (Å²) in [7, 11) is 1.70. The van der Waals surface area contributed by atoms with Gasteiger partial charge in [0.2, 0.25) is 0 Å².